The lowest BCUT2D eigenvalue weighted by Crippen LogP contribution is -2.26. The Hall–Kier alpha value is -3.52. The number of alkyl carbamates (subject to hydrolysis) is 1. The number of ether oxygens (including phenoxy) is 1. The van der Waals surface area contributed by atoms with Gasteiger partial charge in [-0.25, -0.2) is 9.78 Å². The molecule has 4 rings (SSSR count). The second-order valence-corrected chi connectivity index (χ2v) is 6.36. The van der Waals surface area contributed by atoms with Crippen molar-refractivity contribution in [3.05, 3.63) is 77.4 Å². The summed E-state index contributed by atoms with van der Waals surface area (Å²) < 4.78 is 5.46. The van der Waals surface area contributed by atoms with E-state index >= 15 is 0 Å². The van der Waals surface area contributed by atoms with Crippen LogP contribution in [0.25, 0.3) is 11.1 Å². The van der Waals surface area contributed by atoms with Crippen molar-refractivity contribution in [1.29, 1.82) is 0 Å². The van der Waals surface area contributed by atoms with E-state index in [0.29, 0.717) is 12.3 Å². The molecule has 134 valence electrons. The summed E-state index contributed by atoms with van der Waals surface area (Å²) in [5.41, 5.74) is 6.40. The highest BCUT2D eigenvalue weighted by molar-refractivity contribution is 5.79. The van der Waals surface area contributed by atoms with Gasteiger partial charge in [0.2, 0.25) is 0 Å². The zero-order chi connectivity index (χ0) is 18.6. The Kier molecular flexibility index (Phi) is 4.63. The minimum atomic E-state index is -0.468. The van der Waals surface area contributed by atoms with E-state index in [1.165, 1.54) is 22.3 Å². The van der Waals surface area contributed by atoms with E-state index in [1.807, 2.05) is 31.2 Å². The van der Waals surface area contributed by atoms with Crippen molar-refractivity contribution in [3.63, 3.8) is 0 Å². The zero-order valence-electron chi connectivity index (χ0n) is 15.0. The highest BCUT2D eigenvalue weighted by Gasteiger charge is 2.28. The molecule has 0 bridgehead atoms. The summed E-state index contributed by atoms with van der Waals surface area (Å²) >= 11 is 0. The lowest BCUT2D eigenvalue weighted by molar-refractivity contribution is 0.144. The number of carbonyl (C=O) groups excluding carboxylic acids is 1. The maximum Gasteiger partial charge on any atom is 0.407 e. The van der Waals surface area contributed by atoms with Crippen LogP contribution in [0.5, 0.6) is 0 Å². The molecule has 1 aromatic heterocycles. The average molecular weight is 357 g/mol. The number of hydrogen-bond donors (Lipinski definition) is 2. The van der Waals surface area contributed by atoms with E-state index in [1.54, 1.807) is 6.33 Å². The number of H-pyrrole nitrogens is 1. The van der Waals surface area contributed by atoms with Crippen LogP contribution in [0.1, 0.15) is 28.4 Å². The van der Waals surface area contributed by atoms with Crippen molar-refractivity contribution in [2.24, 2.45) is 0 Å². The predicted octanol–water partition coefficient (Wildman–Crippen LogP) is 3.61. The molecule has 0 unspecified atom stereocenters. The molecule has 27 heavy (non-hydrogen) atoms. The molecular formula is C22H19N3O2. The van der Waals surface area contributed by atoms with Gasteiger partial charge in [-0.05, 0) is 35.1 Å². The summed E-state index contributed by atoms with van der Waals surface area (Å²) in [4.78, 5) is 19.1. The molecule has 0 saturated heterocycles. The first-order valence-corrected chi connectivity index (χ1v) is 8.81. The number of aryl methyl sites for hydroxylation is 1. The molecule has 0 radical (unpaired) electrons. The number of nitrogens with one attached hydrogen (secondary N) is 2. The minimum Gasteiger partial charge on any atom is -0.449 e. The fraction of sp³-hybridized carbons (Fsp3) is 0.182. The number of amides is 1. The third kappa shape index (κ3) is 3.42. The summed E-state index contributed by atoms with van der Waals surface area (Å²) in [5.74, 6) is 5.84. The standard InChI is InChI=1S/C22H19N3O2/c1-15-21(25-14-24-15)11-6-12-23-22(26)27-13-20-18-9-4-2-7-16(18)17-8-3-5-10-19(17)20/h2-5,7-10,14,20H,12-13H2,1H3,(H,23,26)(H,24,25). The second-order valence-electron chi connectivity index (χ2n) is 6.36. The highest BCUT2D eigenvalue weighted by atomic mass is 16.5. The van der Waals surface area contributed by atoms with Crippen LogP contribution < -0.4 is 5.32 Å². The Balaban J connectivity index is 1.37. The van der Waals surface area contributed by atoms with Gasteiger partial charge in [-0.15, -0.1) is 0 Å². The van der Waals surface area contributed by atoms with Crippen molar-refractivity contribution in [1.82, 2.24) is 15.3 Å². The van der Waals surface area contributed by atoms with Gasteiger partial charge in [0.1, 0.15) is 12.3 Å². The quantitative estimate of drug-likeness (QED) is 0.704. The number of benzene rings is 2. The number of aromatic nitrogens is 2. The van der Waals surface area contributed by atoms with Crippen molar-refractivity contribution < 1.29 is 9.53 Å². The zero-order valence-corrected chi connectivity index (χ0v) is 15.0. The molecule has 0 aliphatic heterocycles. The molecular weight excluding hydrogens is 338 g/mol. The number of imidazole rings is 1. The fourth-order valence-corrected chi connectivity index (χ4v) is 3.38. The van der Waals surface area contributed by atoms with Crippen molar-refractivity contribution in [2.75, 3.05) is 13.2 Å². The molecule has 0 spiro atoms. The van der Waals surface area contributed by atoms with E-state index in [-0.39, 0.29) is 12.5 Å². The third-order valence-corrected chi connectivity index (χ3v) is 4.70. The highest BCUT2D eigenvalue weighted by Crippen LogP contribution is 2.44. The smallest absolute Gasteiger partial charge is 0.407 e. The monoisotopic (exact) mass is 357 g/mol. The molecule has 1 heterocycles. The first-order chi connectivity index (χ1) is 13.2. The molecule has 2 aromatic carbocycles. The topological polar surface area (TPSA) is 67.0 Å². The normalized spacial score (nSPS) is 11.9. The van der Waals surface area contributed by atoms with Crippen molar-refractivity contribution in [3.8, 4) is 23.0 Å². The lowest BCUT2D eigenvalue weighted by atomic mass is 9.98. The molecule has 0 saturated carbocycles. The summed E-state index contributed by atoms with van der Waals surface area (Å²) in [6.45, 7) is 2.41. The Morgan fingerprint density at radius 2 is 1.81 bits per heavy atom. The summed E-state index contributed by atoms with van der Waals surface area (Å²) in [5, 5.41) is 2.66. The van der Waals surface area contributed by atoms with E-state index < -0.39 is 6.09 Å². The van der Waals surface area contributed by atoms with Gasteiger partial charge in [0.05, 0.1) is 12.9 Å². The molecule has 1 aliphatic carbocycles. The molecule has 5 heteroatoms. The number of fused-ring (bicyclic) bond motifs is 3. The first-order valence-electron chi connectivity index (χ1n) is 8.81. The summed E-state index contributed by atoms with van der Waals surface area (Å²) in [7, 11) is 0. The molecule has 5 nitrogen and oxygen atoms in total. The van der Waals surface area contributed by atoms with Gasteiger partial charge in [-0.3, -0.25) is 0 Å². The van der Waals surface area contributed by atoms with Crippen LogP contribution in [0.4, 0.5) is 4.79 Å². The predicted molar refractivity (Wildman–Crippen MR) is 103 cm³/mol. The van der Waals surface area contributed by atoms with Gasteiger partial charge >= 0.3 is 6.09 Å². The molecule has 0 fully saturated rings. The van der Waals surface area contributed by atoms with Crippen LogP contribution in [0.2, 0.25) is 0 Å². The van der Waals surface area contributed by atoms with E-state index in [9.17, 15) is 4.79 Å². The molecule has 1 aliphatic rings. The summed E-state index contributed by atoms with van der Waals surface area (Å²) in [6.07, 6.45) is 1.13. The number of carbonyl (C=O) groups is 1. The van der Waals surface area contributed by atoms with E-state index in [4.69, 9.17) is 4.74 Å². The van der Waals surface area contributed by atoms with Crippen LogP contribution in [-0.4, -0.2) is 29.2 Å². The van der Waals surface area contributed by atoms with Crippen molar-refractivity contribution >= 4 is 6.09 Å². The van der Waals surface area contributed by atoms with Gasteiger partial charge in [-0.2, -0.15) is 0 Å². The number of hydrogen-bond acceptors (Lipinski definition) is 3. The number of rotatable bonds is 3. The van der Waals surface area contributed by atoms with Gasteiger partial charge in [0.15, 0.2) is 0 Å². The minimum absolute atomic E-state index is 0.0564. The van der Waals surface area contributed by atoms with Crippen LogP contribution in [-0.2, 0) is 4.74 Å². The van der Waals surface area contributed by atoms with Gasteiger partial charge in [-0.1, -0.05) is 54.5 Å². The van der Waals surface area contributed by atoms with Gasteiger partial charge in [0.25, 0.3) is 0 Å². The largest absolute Gasteiger partial charge is 0.449 e. The second kappa shape index (κ2) is 7.38. The van der Waals surface area contributed by atoms with E-state index in [0.717, 1.165) is 5.69 Å². The Morgan fingerprint density at radius 1 is 1.15 bits per heavy atom. The molecule has 2 N–H and O–H groups in total. The van der Waals surface area contributed by atoms with Crippen LogP contribution in [0, 0.1) is 18.8 Å². The van der Waals surface area contributed by atoms with Crippen LogP contribution >= 0.6 is 0 Å². The van der Waals surface area contributed by atoms with Gasteiger partial charge in [0, 0.05) is 11.6 Å². The average Bonchev–Trinajstić information content (AvgIpc) is 3.25. The number of aromatic amines is 1. The van der Waals surface area contributed by atoms with Crippen molar-refractivity contribution in [2.45, 2.75) is 12.8 Å². The summed E-state index contributed by atoms with van der Waals surface area (Å²) in [6, 6.07) is 16.5. The van der Waals surface area contributed by atoms with E-state index in [2.05, 4.69) is 51.4 Å². The fourth-order valence-electron chi connectivity index (χ4n) is 3.38. The Morgan fingerprint density at radius 3 is 2.44 bits per heavy atom. The molecule has 3 aromatic rings. The number of nitrogens with zero attached hydrogens (tertiary/aromatic N) is 1. The molecule has 1 amide bonds. The maximum atomic E-state index is 12.0. The first kappa shape index (κ1) is 16.9. The lowest BCUT2D eigenvalue weighted by Gasteiger charge is -2.14. The van der Waals surface area contributed by atoms with Crippen LogP contribution in [0.15, 0.2) is 54.9 Å². The van der Waals surface area contributed by atoms with Gasteiger partial charge < -0.3 is 15.0 Å². The SMILES string of the molecule is Cc1[nH]cnc1C#CCNC(=O)OCC1c2ccccc2-c2ccccc21. The molecule has 0 atom stereocenters. The third-order valence-electron chi connectivity index (χ3n) is 4.70. The van der Waals surface area contributed by atoms with Crippen LogP contribution in [0.3, 0.4) is 0 Å². The Bertz CT molecular complexity index is 997. The maximum absolute atomic E-state index is 12.0. The Labute approximate surface area is 157 Å².